The summed E-state index contributed by atoms with van der Waals surface area (Å²) in [6.45, 7) is 0. The number of rotatable bonds is 2. The van der Waals surface area contributed by atoms with Crippen LogP contribution in [0.4, 0.5) is 4.39 Å². The topological polar surface area (TPSA) is 0 Å². The highest BCUT2D eigenvalue weighted by molar-refractivity contribution is 7.16. The molecule has 0 nitrogen and oxygen atoms in total. The van der Waals surface area contributed by atoms with Crippen molar-refractivity contribution in [2.75, 3.05) is 0 Å². The van der Waals surface area contributed by atoms with Crippen molar-refractivity contribution in [2.45, 2.75) is 6.42 Å². The van der Waals surface area contributed by atoms with Crippen molar-refractivity contribution in [2.24, 2.45) is 0 Å². The average Bonchev–Trinajstić information content (AvgIpc) is 2.78. The van der Waals surface area contributed by atoms with Gasteiger partial charge in [-0.1, -0.05) is 24.3 Å². The summed E-state index contributed by atoms with van der Waals surface area (Å²) in [5, 5.41) is 4.37. The van der Waals surface area contributed by atoms with Gasteiger partial charge in [-0.25, -0.2) is 4.39 Å². The van der Waals surface area contributed by atoms with Gasteiger partial charge in [0, 0.05) is 10.1 Å². The lowest BCUT2D eigenvalue weighted by Crippen LogP contribution is -1.89. The summed E-state index contributed by atoms with van der Waals surface area (Å²) in [5.74, 6) is -0.174. The molecular weight excluding hydrogens is 231 g/mol. The van der Waals surface area contributed by atoms with Crippen LogP contribution in [0.1, 0.15) is 11.1 Å². The molecule has 0 amide bonds. The maximum absolute atomic E-state index is 13.1. The number of hydrogen-bond acceptors (Lipinski definition) is 1. The van der Waals surface area contributed by atoms with E-state index in [0.29, 0.717) is 0 Å². The van der Waals surface area contributed by atoms with Gasteiger partial charge in [0.2, 0.25) is 0 Å². The highest BCUT2D eigenvalue weighted by atomic mass is 32.1. The summed E-state index contributed by atoms with van der Waals surface area (Å²) in [6.07, 6.45) is 0.764. The Morgan fingerprint density at radius 2 is 2.00 bits per heavy atom. The Bertz CT molecular complexity index is 655. The predicted octanol–water partition coefficient (Wildman–Crippen LogP) is 4.43. The highest BCUT2D eigenvalue weighted by Gasteiger charge is 2.03. The Labute approximate surface area is 103 Å². The van der Waals surface area contributed by atoms with Crippen LogP contribution >= 0.6 is 11.3 Å². The normalized spacial score (nSPS) is 10.9. The van der Waals surface area contributed by atoms with E-state index in [9.17, 15) is 4.39 Å². The van der Waals surface area contributed by atoms with E-state index in [4.69, 9.17) is 0 Å². The second kappa shape index (κ2) is 4.30. The van der Waals surface area contributed by atoms with Crippen LogP contribution in [-0.4, -0.2) is 0 Å². The first-order valence-corrected chi connectivity index (χ1v) is 6.26. The summed E-state index contributed by atoms with van der Waals surface area (Å²) < 4.78 is 14.4. The molecule has 1 aromatic heterocycles. The first-order chi connectivity index (χ1) is 8.33. The molecule has 0 fully saturated rings. The zero-order valence-corrected chi connectivity index (χ0v) is 9.93. The molecule has 0 aliphatic heterocycles. The largest absolute Gasteiger partial charge is 0.207 e. The molecule has 1 radical (unpaired) electrons. The minimum absolute atomic E-state index is 0.174. The molecule has 0 unspecified atom stereocenters. The van der Waals surface area contributed by atoms with Gasteiger partial charge in [-0.05, 0) is 47.2 Å². The second-order valence-electron chi connectivity index (χ2n) is 4.00. The average molecular weight is 241 g/mol. The van der Waals surface area contributed by atoms with Gasteiger partial charge in [-0.3, -0.25) is 0 Å². The van der Waals surface area contributed by atoms with Gasteiger partial charge in [0.05, 0.1) is 0 Å². The van der Waals surface area contributed by atoms with Gasteiger partial charge in [-0.15, -0.1) is 11.3 Å². The second-order valence-corrected chi connectivity index (χ2v) is 4.88. The molecule has 0 bridgehead atoms. The maximum Gasteiger partial charge on any atom is 0.123 e. The van der Waals surface area contributed by atoms with Crippen LogP contribution in [0.3, 0.4) is 0 Å². The van der Waals surface area contributed by atoms with Crippen LogP contribution in [0, 0.1) is 11.2 Å². The van der Waals surface area contributed by atoms with Crippen LogP contribution < -0.4 is 0 Å². The fraction of sp³-hybridized carbons (Fsp3) is 0.0667. The lowest BCUT2D eigenvalue weighted by Gasteiger charge is -2.04. The van der Waals surface area contributed by atoms with Crippen molar-refractivity contribution in [3.8, 4) is 0 Å². The van der Waals surface area contributed by atoms with Crippen LogP contribution in [0.5, 0.6) is 0 Å². The molecule has 0 spiro atoms. The molecule has 0 aliphatic rings. The molecule has 0 atom stereocenters. The standard InChI is InChI=1S/C15H10FS/c16-13-5-1-3-11(10-13)9-12-4-2-6-15-14(12)7-8-17-15/h1-7,10H,9H2. The predicted molar refractivity (Wildman–Crippen MR) is 69.9 cm³/mol. The van der Waals surface area contributed by atoms with Crippen molar-refractivity contribution in [3.63, 3.8) is 0 Å². The third kappa shape index (κ3) is 2.08. The summed E-state index contributed by atoms with van der Waals surface area (Å²) in [7, 11) is 0. The van der Waals surface area contributed by atoms with E-state index in [1.165, 1.54) is 21.7 Å². The number of thiophene rings is 1. The van der Waals surface area contributed by atoms with Gasteiger partial charge in [0.25, 0.3) is 0 Å². The van der Waals surface area contributed by atoms with Crippen molar-refractivity contribution < 1.29 is 4.39 Å². The van der Waals surface area contributed by atoms with Crippen LogP contribution in [0.2, 0.25) is 0 Å². The molecule has 3 rings (SSSR count). The molecule has 83 valence electrons. The van der Waals surface area contributed by atoms with Crippen LogP contribution in [0.25, 0.3) is 10.1 Å². The van der Waals surface area contributed by atoms with Crippen LogP contribution in [-0.2, 0) is 6.42 Å². The van der Waals surface area contributed by atoms with Gasteiger partial charge >= 0.3 is 0 Å². The van der Waals surface area contributed by atoms with Crippen LogP contribution in [0.15, 0.2) is 48.5 Å². The van der Waals surface area contributed by atoms with Gasteiger partial charge in [0.1, 0.15) is 5.82 Å². The summed E-state index contributed by atoms with van der Waals surface area (Å²) in [6, 6.07) is 15.0. The van der Waals surface area contributed by atoms with E-state index in [1.807, 2.05) is 18.2 Å². The molecular formula is C15H10FS. The Balaban J connectivity index is 2.02. The Kier molecular flexibility index (Phi) is 2.65. The molecule has 0 N–H and O–H groups in total. The molecule has 0 saturated carbocycles. The van der Waals surface area contributed by atoms with Crippen molar-refractivity contribution in [3.05, 3.63) is 70.9 Å². The summed E-state index contributed by atoms with van der Waals surface area (Å²) >= 11 is 1.62. The minimum Gasteiger partial charge on any atom is -0.207 e. The van der Waals surface area contributed by atoms with Gasteiger partial charge in [-0.2, -0.15) is 0 Å². The van der Waals surface area contributed by atoms with E-state index in [1.54, 1.807) is 23.5 Å². The maximum atomic E-state index is 13.1. The summed E-state index contributed by atoms with van der Waals surface area (Å²) in [4.78, 5) is 0. The zero-order valence-electron chi connectivity index (χ0n) is 9.11. The fourth-order valence-electron chi connectivity index (χ4n) is 2.02. The number of hydrogen-bond donors (Lipinski definition) is 0. The Morgan fingerprint density at radius 1 is 1.12 bits per heavy atom. The highest BCUT2D eigenvalue weighted by Crippen LogP contribution is 2.25. The zero-order chi connectivity index (χ0) is 11.7. The minimum atomic E-state index is -0.174. The first kappa shape index (κ1) is 10.5. The molecule has 0 aliphatic carbocycles. The van der Waals surface area contributed by atoms with Gasteiger partial charge < -0.3 is 0 Å². The van der Waals surface area contributed by atoms with E-state index >= 15 is 0 Å². The van der Waals surface area contributed by atoms with E-state index in [-0.39, 0.29) is 5.82 Å². The SMILES string of the molecule is Fc1cccc(Cc2cccc3s[c]cc23)c1. The van der Waals surface area contributed by atoms with E-state index < -0.39 is 0 Å². The Hall–Kier alpha value is -1.67. The fourth-order valence-corrected chi connectivity index (χ4v) is 2.77. The molecule has 2 heteroatoms. The van der Waals surface area contributed by atoms with Crippen molar-refractivity contribution in [1.29, 1.82) is 0 Å². The molecule has 17 heavy (non-hydrogen) atoms. The molecule has 1 heterocycles. The molecule has 3 aromatic rings. The molecule has 2 aromatic carbocycles. The number of benzene rings is 2. The van der Waals surface area contributed by atoms with Crippen molar-refractivity contribution in [1.82, 2.24) is 0 Å². The third-order valence-corrected chi connectivity index (χ3v) is 3.62. The van der Waals surface area contributed by atoms with Gasteiger partial charge in [0.15, 0.2) is 0 Å². The lowest BCUT2D eigenvalue weighted by molar-refractivity contribution is 0.626. The number of fused-ring (bicyclic) bond motifs is 1. The van der Waals surface area contributed by atoms with E-state index in [2.05, 4.69) is 17.5 Å². The Morgan fingerprint density at radius 3 is 2.88 bits per heavy atom. The van der Waals surface area contributed by atoms with Crippen molar-refractivity contribution >= 4 is 21.4 Å². The third-order valence-electron chi connectivity index (χ3n) is 2.81. The number of halogens is 1. The molecule has 0 saturated heterocycles. The first-order valence-electron chi connectivity index (χ1n) is 5.45. The summed E-state index contributed by atoms with van der Waals surface area (Å²) in [5.41, 5.74) is 2.23. The quantitative estimate of drug-likeness (QED) is 0.622. The smallest absolute Gasteiger partial charge is 0.123 e. The van der Waals surface area contributed by atoms with E-state index in [0.717, 1.165) is 12.0 Å². The monoisotopic (exact) mass is 241 g/mol. The lowest BCUT2D eigenvalue weighted by atomic mass is 10.0.